The summed E-state index contributed by atoms with van der Waals surface area (Å²) in [6, 6.07) is 8.55. The highest BCUT2D eigenvalue weighted by Gasteiger charge is 2.23. The van der Waals surface area contributed by atoms with Crippen LogP contribution < -0.4 is 9.80 Å². The number of ether oxygens (including phenoxy) is 1. The van der Waals surface area contributed by atoms with Crippen LogP contribution in [0.2, 0.25) is 0 Å². The SMILES string of the molecule is CC(=N)CC1=NCC(N2CCN(c3ccccc3-c3cnc(N4CCOCC4)nc3)CC2)=C1. The number of allylic oxidation sites excluding steroid dienone is 1. The van der Waals surface area contributed by atoms with Crippen molar-refractivity contribution in [3.05, 3.63) is 48.4 Å². The molecule has 0 radical (unpaired) electrons. The number of aromatic nitrogens is 2. The number of nitrogens with zero attached hydrogens (tertiary/aromatic N) is 6. The average Bonchev–Trinajstić information content (AvgIpc) is 3.33. The summed E-state index contributed by atoms with van der Waals surface area (Å²) >= 11 is 0. The Hall–Kier alpha value is -3.26. The maximum absolute atomic E-state index is 7.70. The monoisotopic (exact) mass is 445 g/mol. The van der Waals surface area contributed by atoms with Crippen LogP contribution in [0.4, 0.5) is 11.6 Å². The van der Waals surface area contributed by atoms with Gasteiger partial charge in [0.05, 0.1) is 19.8 Å². The first-order chi connectivity index (χ1) is 16.2. The lowest BCUT2D eigenvalue weighted by Crippen LogP contribution is -2.46. The molecule has 1 aromatic heterocycles. The summed E-state index contributed by atoms with van der Waals surface area (Å²) in [5.41, 5.74) is 6.43. The number of rotatable bonds is 6. The molecule has 0 aliphatic carbocycles. The molecule has 2 saturated heterocycles. The number of hydrogen-bond donors (Lipinski definition) is 1. The van der Waals surface area contributed by atoms with Crippen LogP contribution in [0.5, 0.6) is 0 Å². The van der Waals surface area contributed by atoms with Gasteiger partial charge >= 0.3 is 0 Å². The molecule has 1 N–H and O–H groups in total. The predicted octanol–water partition coefficient (Wildman–Crippen LogP) is 2.87. The van der Waals surface area contributed by atoms with Crippen molar-refractivity contribution in [3.63, 3.8) is 0 Å². The van der Waals surface area contributed by atoms with Gasteiger partial charge in [0.25, 0.3) is 0 Å². The Bertz CT molecular complexity index is 1050. The van der Waals surface area contributed by atoms with E-state index in [0.717, 1.165) is 76.3 Å². The van der Waals surface area contributed by atoms with Gasteiger partial charge in [-0.15, -0.1) is 0 Å². The lowest BCUT2D eigenvalue weighted by molar-refractivity contribution is 0.122. The summed E-state index contributed by atoms with van der Waals surface area (Å²) in [4.78, 5) is 21.0. The number of aliphatic imine (C=N–C) groups is 1. The molecular formula is C25H31N7O. The minimum Gasteiger partial charge on any atom is -0.378 e. The van der Waals surface area contributed by atoms with Crippen molar-refractivity contribution in [1.82, 2.24) is 14.9 Å². The van der Waals surface area contributed by atoms with Crippen molar-refractivity contribution in [2.24, 2.45) is 4.99 Å². The molecule has 0 saturated carbocycles. The van der Waals surface area contributed by atoms with Crippen molar-refractivity contribution in [1.29, 1.82) is 5.41 Å². The summed E-state index contributed by atoms with van der Waals surface area (Å²) in [6.07, 6.45) is 6.72. The molecule has 4 heterocycles. The number of morpholine rings is 1. The molecule has 0 amide bonds. The van der Waals surface area contributed by atoms with E-state index in [1.54, 1.807) is 0 Å². The van der Waals surface area contributed by atoms with Crippen LogP contribution in [0, 0.1) is 5.41 Å². The molecule has 8 nitrogen and oxygen atoms in total. The Morgan fingerprint density at radius 1 is 0.939 bits per heavy atom. The first kappa shape index (κ1) is 21.6. The second-order valence-corrected chi connectivity index (χ2v) is 8.76. The number of benzene rings is 1. The zero-order chi connectivity index (χ0) is 22.6. The molecule has 3 aliphatic heterocycles. The fourth-order valence-corrected chi connectivity index (χ4v) is 4.65. The predicted molar refractivity (Wildman–Crippen MR) is 133 cm³/mol. The maximum atomic E-state index is 7.70. The molecule has 0 spiro atoms. The van der Waals surface area contributed by atoms with Crippen molar-refractivity contribution in [2.45, 2.75) is 13.3 Å². The Morgan fingerprint density at radius 2 is 1.64 bits per heavy atom. The highest BCUT2D eigenvalue weighted by molar-refractivity contribution is 6.09. The van der Waals surface area contributed by atoms with E-state index in [1.165, 1.54) is 16.9 Å². The summed E-state index contributed by atoms with van der Waals surface area (Å²) in [5.74, 6) is 0.776. The highest BCUT2D eigenvalue weighted by atomic mass is 16.5. The fraction of sp³-hybridized carbons (Fsp3) is 0.440. The molecule has 2 aromatic rings. The van der Waals surface area contributed by atoms with Gasteiger partial charge in [0.15, 0.2) is 0 Å². The minimum absolute atomic E-state index is 0.656. The number of hydrogen-bond acceptors (Lipinski definition) is 8. The second kappa shape index (κ2) is 9.70. The largest absolute Gasteiger partial charge is 0.378 e. The third-order valence-electron chi connectivity index (χ3n) is 6.40. The number of anilines is 2. The van der Waals surface area contributed by atoms with E-state index in [-0.39, 0.29) is 0 Å². The number of nitrogens with one attached hydrogen (secondary N) is 1. The van der Waals surface area contributed by atoms with Crippen LogP contribution in [0.3, 0.4) is 0 Å². The molecule has 33 heavy (non-hydrogen) atoms. The molecule has 0 atom stereocenters. The number of para-hydroxylation sites is 1. The van der Waals surface area contributed by atoms with E-state index in [2.05, 4.69) is 60.0 Å². The lowest BCUT2D eigenvalue weighted by atomic mass is 10.1. The van der Waals surface area contributed by atoms with Gasteiger partial charge in [-0.1, -0.05) is 18.2 Å². The van der Waals surface area contributed by atoms with E-state index in [1.807, 2.05) is 19.3 Å². The zero-order valence-corrected chi connectivity index (χ0v) is 19.2. The smallest absolute Gasteiger partial charge is 0.225 e. The molecule has 3 aliphatic rings. The van der Waals surface area contributed by atoms with Gasteiger partial charge in [-0.3, -0.25) is 4.99 Å². The topological polar surface area (TPSA) is 80.9 Å². The third-order valence-corrected chi connectivity index (χ3v) is 6.40. The molecule has 0 unspecified atom stereocenters. The maximum Gasteiger partial charge on any atom is 0.225 e. The van der Waals surface area contributed by atoms with Crippen LogP contribution in [-0.4, -0.2) is 85.3 Å². The van der Waals surface area contributed by atoms with Crippen molar-refractivity contribution < 1.29 is 4.74 Å². The van der Waals surface area contributed by atoms with Gasteiger partial charge in [0, 0.05) is 92.0 Å². The first-order valence-electron chi connectivity index (χ1n) is 11.7. The normalized spacial score (nSPS) is 18.9. The van der Waals surface area contributed by atoms with Crippen molar-refractivity contribution in [2.75, 3.05) is 68.8 Å². The second-order valence-electron chi connectivity index (χ2n) is 8.76. The zero-order valence-electron chi connectivity index (χ0n) is 19.2. The van der Waals surface area contributed by atoms with Crippen LogP contribution in [-0.2, 0) is 4.74 Å². The van der Waals surface area contributed by atoms with Gasteiger partial charge in [-0.05, 0) is 19.1 Å². The highest BCUT2D eigenvalue weighted by Crippen LogP contribution is 2.31. The van der Waals surface area contributed by atoms with E-state index in [0.29, 0.717) is 12.1 Å². The molecule has 5 rings (SSSR count). The van der Waals surface area contributed by atoms with Crippen LogP contribution in [0.25, 0.3) is 11.1 Å². The van der Waals surface area contributed by atoms with Gasteiger partial charge in [0.2, 0.25) is 5.95 Å². The van der Waals surface area contributed by atoms with Crippen LogP contribution in [0.15, 0.2) is 53.4 Å². The lowest BCUT2D eigenvalue weighted by Gasteiger charge is -2.38. The molecule has 8 heteroatoms. The molecule has 2 fully saturated rings. The molecule has 1 aromatic carbocycles. The quantitative estimate of drug-likeness (QED) is 0.689. The molecule has 0 bridgehead atoms. The van der Waals surface area contributed by atoms with Crippen LogP contribution >= 0.6 is 0 Å². The van der Waals surface area contributed by atoms with Crippen LogP contribution in [0.1, 0.15) is 13.3 Å². The average molecular weight is 446 g/mol. The van der Waals surface area contributed by atoms with E-state index >= 15 is 0 Å². The fourth-order valence-electron chi connectivity index (χ4n) is 4.65. The van der Waals surface area contributed by atoms with Gasteiger partial charge in [-0.25, -0.2) is 9.97 Å². The number of piperazine rings is 1. The Kier molecular flexibility index (Phi) is 6.35. The minimum atomic E-state index is 0.656. The first-order valence-corrected chi connectivity index (χ1v) is 11.7. The Morgan fingerprint density at radius 3 is 2.36 bits per heavy atom. The van der Waals surface area contributed by atoms with Crippen molar-refractivity contribution in [3.8, 4) is 11.1 Å². The standard InChI is InChI=1S/C25H31N7O/c1-19(26)14-21-15-22(18-27-21)30-6-8-31(9-7-30)24-5-3-2-4-23(24)20-16-28-25(29-17-20)32-10-12-33-13-11-32/h2-5,15-17,26H,6-14,18H2,1H3. The van der Waals surface area contributed by atoms with E-state index in [4.69, 9.17) is 10.1 Å². The van der Waals surface area contributed by atoms with Gasteiger partial charge in [0.1, 0.15) is 0 Å². The van der Waals surface area contributed by atoms with Crippen molar-refractivity contribution >= 4 is 23.1 Å². The van der Waals surface area contributed by atoms with E-state index in [9.17, 15) is 0 Å². The Balaban J connectivity index is 1.26. The van der Waals surface area contributed by atoms with Gasteiger partial charge < -0.3 is 24.8 Å². The summed E-state index contributed by atoms with van der Waals surface area (Å²) in [6.45, 7) is 9.57. The molecule has 172 valence electrons. The third kappa shape index (κ3) is 4.90. The van der Waals surface area contributed by atoms with Gasteiger partial charge in [-0.2, -0.15) is 0 Å². The molecular weight excluding hydrogens is 414 g/mol. The summed E-state index contributed by atoms with van der Waals surface area (Å²) in [5, 5.41) is 7.70. The summed E-state index contributed by atoms with van der Waals surface area (Å²) in [7, 11) is 0. The van der Waals surface area contributed by atoms with E-state index < -0.39 is 0 Å². The Labute approximate surface area is 195 Å². The summed E-state index contributed by atoms with van der Waals surface area (Å²) < 4.78 is 5.43.